The number of hydrogen-bond donors (Lipinski definition) is 1. The summed E-state index contributed by atoms with van der Waals surface area (Å²) in [7, 11) is 0. The summed E-state index contributed by atoms with van der Waals surface area (Å²) in [4.78, 5) is 50.0. The van der Waals surface area contributed by atoms with E-state index in [1.807, 2.05) is 0 Å². The van der Waals surface area contributed by atoms with E-state index in [1.54, 1.807) is 0 Å². The van der Waals surface area contributed by atoms with Gasteiger partial charge in [-0.05, 0) is 60.7 Å². The number of hydrogen-bond acceptors (Lipinski definition) is 4. The van der Waals surface area contributed by atoms with Crippen molar-refractivity contribution in [2.24, 2.45) is 46.3 Å². The SMILES string of the molecule is C[C@H](CCC(=O)O)[C@H]1CC[C@H]2[C@@H]3C(=O)C[C@@H]4CC(=O)CC[C@]4(C)[C@H]3CC(=O)[C@]12C.Cl. The van der Waals surface area contributed by atoms with Gasteiger partial charge in [0.1, 0.15) is 17.3 Å². The van der Waals surface area contributed by atoms with E-state index in [0.29, 0.717) is 32.1 Å². The van der Waals surface area contributed by atoms with Crippen molar-refractivity contribution in [1.82, 2.24) is 0 Å². The molecule has 6 heteroatoms. The van der Waals surface area contributed by atoms with E-state index >= 15 is 0 Å². The molecule has 0 aliphatic heterocycles. The van der Waals surface area contributed by atoms with E-state index < -0.39 is 11.4 Å². The molecule has 168 valence electrons. The monoisotopic (exact) mass is 438 g/mol. The van der Waals surface area contributed by atoms with Gasteiger partial charge in [-0.3, -0.25) is 19.2 Å². The minimum Gasteiger partial charge on any atom is -0.481 e. The lowest BCUT2D eigenvalue weighted by atomic mass is 9.44. The first-order valence-corrected chi connectivity index (χ1v) is 11.4. The van der Waals surface area contributed by atoms with E-state index in [0.717, 1.165) is 19.3 Å². The van der Waals surface area contributed by atoms with Crippen molar-refractivity contribution >= 4 is 35.7 Å². The molecule has 4 aliphatic carbocycles. The highest BCUT2D eigenvalue weighted by molar-refractivity contribution is 5.93. The molecule has 0 unspecified atom stereocenters. The van der Waals surface area contributed by atoms with Gasteiger partial charge in [0.05, 0.1) is 0 Å². The van der Waals surface area contributed by atoms with Crippen molar-refractivity contribution in [3.8, 4) is 0 Å². The lowest BCUT2D eigenvalue weighted by molar-refractivity contribution is -0.166. The van der Waals surface area contributed by atoms with Gasteiger partial charge in [-0.2, -0.15) is 0 Å². The summed E-state index contributed by atoms with van der Waals surface area (Å²) in [6.45, 7) is 6.37. The minimum atomic E-state index is -0.792. The van der Waals surface area contributed by atoms with Gasteiger partial charge in [-0.15, -0.1) is 12.4 Å². The van der Waals surface area contributed by atoms with Crippen LogP contribution < -0.4 is 0 Å². The standard InChI is InChI=1S/C24H34O5.ClH/c1-13(4-7-21(28)29)16-5-6-17-22-18(12-20(27)24(16,17)3)23(2)9-8-15(25)10-14(23)11-19(22)26;/h13-14,16-18,22H,4-12H2,1-3H3,(H,28,29);1H/t13-,14+,16-,17+,18+,22+,23+,24-;/m1./s1. The second-order valence-electron chi connectivity index (χ2n) is 10.9. The highest BCUT2D eigenvalue weighted by Gasteiger charge is 2.66. The molecule has 30 heavy (non-hydrogen) atoms. The molecule has 0 heterocycles. The molecule has 4 rings (SSSR count). The van der Waals surface area contributed by atoms with Gasteiger partial charge in [0, 0.05) is 43.4 Å². The third-order valence-corrected chi connectivity index (χ3v) is 9.72. The number of aliphatic carboxylic acids is 1. The molecule has 0 aromatic carbocycles. The predicted molar refractivity (Wildman–Crippen MR) is 114 cm³/mol. The zero-order valence-electron chi connectivity index (χ0n) is 18.3. The van der Waals surface area contributed by atoms with Crippen LogP contribution in [0.25, 0.3) is 0 Å². The third kappa shape index (κ3) is 3.36. The number of Topliss-reactive ketones (excluding diaryl/α,β-unsaturated/α-hetero) is 3. The van der Waals surface area contributed by atoms with Gasteiger partial charge in [0.2, 0.25) is 0 Å². The van der Waals surface area contributed by atoms with Crippen LogP contribution in [0.4, 0.5) is 0 Å². The highest BCUT2D eigenvalue weighted by atomic mass is 35.5. The van der Waals surface area contributed by atoms with Gasteiger partial charge in [-0.1, -0.05) is 20.8 Å². The normalized spacial score (nSPS) is 43.8. The number of carbonyl (C=O) groups is 4. The summed E-state index contributed by atoms with van der Waals surface area (Å²) >= 11 is 0. The number of carbonyl (C=O) groups excluding carboxylic acids is 3. The van der Waals surface area contributed by atoms with Crippen molar-refractivity contribution in [3.05, 3.63) is 0 Å². The molecular formula is C24H35ClO5. The van der Waals surface area contributed by atoms with Crippen LogP contribution in [0, 0.1) is 46.3 Å². The zero-order chi connectivity index (χ0) is 21.1. The minimum absolute atomic E-state index is 0. The van der Waals surface area contributed by atoms with Crippen LogP contribution >= 0.6 is 12.4 Å². The lowest BCUT2D eigenvalue weighted by Crippen LogP contribution is -2.60. The van der Waals surface area contributed by atoms with Crippen LogP contribution in [0.2, 0.25) is 0 Å². The first-order chi connectivity index (χ1) is 13.6. The second-order valence-corrected chi connectivity index (χ2v) is 10.9. The summed E-state index contributed by atoms with van der Waals surface area (Å²) in [5.41, 5.74) is -0.598. The summed E-state index contributed by atoms with van der Waals surface area (Å²) in [6.07, 6.45) is 5.33. The molecule has 0 saturated heterocycles. The summed E-state index contributed by atoms with van der Waals surface area (Å²) < 4.78 is 0. The number of rotatable bonds is 4. The fraction of sp³-hybridized carbons (Fsp3) is 0.833. The number of carboxylic acid groups (broad SMARTS) is 1. The van der Waals surface area contributed by atoms with Crippen molar-refractivity contribution in [2.75, 3.05) is 0 Å². The number of halogens is 1. The van der Waals surface area contributed by atoms with E-state index in [2.05, 4.69) is 20.8 Å². The van der Waals surface area contributed by atoms with Gasteiger partial charge in [0.25, 0.3) is 0 Å². The molecular weight excluding hydrogens is 404 g/mol. The van der Waals surface area contributed by atoms with Crippen molar-refractivity contribution in [1.29, 1.82) is 0 Å². The quantitative estimate of drug-likeness (QED) is 0.698. The average molecular weight is 439 g/mol. The van der Waals surface area contributed by atoms with E-state index in [9.17, 15) is 19.2 Å². The topological polar surface area (TPSA) is 88.5 Å². The molecule has 1 N–H and O–H groups in total. The first kappa shape index (κ1) is 23.4. The molecule has 4 fully saturated rings. The third-order valence-electron chi connectivity index (χ3n) is 9.72. The molecule has 0 spiro atoms. The van der Waals surface area contributed by atoms with Gasteiger partial charge in [0.15, 0.2) is 0 Å². The summed E-state index contributed by atoms with van der Waals surface area (Å²) in [5, 5.41) is 9.06. The zero-order valence-corrected chi connectivity index (χ0v) is 19.1. The highest BCUT2D eigenvalue weighted by Crippen LogP contribution is 2.66. The molecule has 0 amide bonds. The van der Waals surface area contributed by atoms with Gasteiger partial charge in [-0.25, -0.2) is 0 Å². The van der Waals surface area contributed by atoms with E-state index in [4.69, 9.17) is 5.11 Å². The Balaban J connectivity index is 0.00000256. The average Bonchev–Trinajstić information content (AvgIpc) is 3.01. The Morgan fingerprint density at radius 1 is 1.10 bits per heavy atom. The Kier molecular flexibility index (Phi) is 6.28. The van der Waals surface area contributed by atoms with E-state index in [-0.39, 0.29) is 77.1 Å². The molecule has 0 bridgehead atoms. The van der Waals surface area contributed by atoms with Gasteiger partial charge < -0.3 is 5.11 Å². The smallest absolute Gasteiger partial charge is 0.303 e. The molecule has 0 aromatic heterocycles. The fourth-order valence-corrected chi connectivity index (χ4v) is 7.94. The maximum absolute atomic E-state index is 13.6. The van der Waals surface area contributed by atoms with Crippen LogP contribution in [0.15, 0.2) is 0 Å². The first-order valence-electron chi connectivity index (χ1n) is 11.4. The molecule has 5 nitrogen and oxygen atoms in total. The fourth-order valence-electron chi connectivity index (χ4n) is 7.94. The molecule has 0 radical (unpaired) electrons. The number of carboxylic acids is 1. The predicted octanol–water partition coefficient (Wildman–Crippen LogP) is 4.50. The van der Waals surface area contributed by atoms with Crippen LogP contribution in [0.3, 0.4) is 0 Å². The maximum Gasteiger partial charge on any atom is 0.303 e. The maximum atomic E-state index is 13.6. The van der Waals surface area contributed by atoms with E-state index in [1.165, 1.54) is 0 Å². The Morgan fingerprint density at radius 2 is 1.80 bits per heavy atom. The Morgan fingerprint density at radius 3 is 2.47 bits per heavy atom. The van der Waals surface area contributed by atoms with Crippen LogP contribution in [-0.2, 0) is 19.2 Å². The largest absolute Gasteiger partial charge is 0.481 e. The summed E-state index contributed by atoms with van der Waals surface area (Å²) in [5.74, 6) is 0.524. The molecule has 8 atom stereocenters. The van der Waals surface area contributed by atoms with Gasteiger partial charge >= 0.3 is 5.97 Å². The molecule has 0 aromatic rings. The number of ketones is 3. The van der Waals surface area contributed by atoms with Crippen molar-refractivity contribution < 1.29 is 24.3 Å². The Labute approximate surface area is 185 Å². The van der Waals surface area contributed by atoms with Crippen molar-refractivity contribution in [2.45, 2.75) is 78.6 Å². The van der Waals surface area contributed by atoms with Crippen LogP contribution in [-0.4, -0.2) is 28.4 Å². The number of fused-ring (bicyclic) bond motifs is 5. The van der Waals surface area contributed by atoms with Crippen LogP contribution in [0.1, 0.15) is 78.6 Å². The van der Waals surface area contributed by atoms with Crippen molar-refractivity contribution in [3.63, 3.8) is 0 Å². The molecule has 4 aliphatic rings. The Hall–Kier alpha value is -1.23. The summed E-state index contributed by atoms with van der Waals surface area (Å²) in [6, 6.07) is 0. The lowest BCUT2D eigenvalue weighted by Gasteiger charge is -2.58. The van der Waals surface area contributed by atoms with Crippen LogP contribution in [0.5, 0.6) is 0 Å². The Bertz CT molecular complexity index is 763. The molecule has 4 saturated carbocycles. The second kappa shape index (κ2) is 8.03.